The Balaban J connectivity index is 0.00000261. The summed E-state index contributed by atoms with van der Waals surface area (Å²) in [6, 6.07) is 10.9. The number of rotatable bonds is 6. The van der Waals surface area contributed by atoms with Crippen LogP contribution in [0.1, 0.15) is 23.6 Å². The van der Waals surface area contributed by atoms with Crippen molar-refractivity contribution in [2.24, 2.45) is 0 Å². The normalized spacial score (nSPS) is 14.1. The number of fused-ring (bicyclic) bond motifs is 1. The highest BCUT2D eigenvalue weighted by molar-refractivity contribution is 7.89. The third-order valence-electron chi connectivity index (χ3n) is 4.22. The summed E-state index contributed by atoms with van der Waals surface area (Å²) >= 11 is 5.77. The second-order valence-electron chi connectivity index (χ2n) is 6.22. The van der Waals surface area contributed by atoms with Gasteiger partial charge in [-0.1, -0.05) is 29.8 Å². The Morgan fingerprint density at radius 3 is 2.52 bits per heavy atom. The fraction of sp³-hybridized carbons (Fsp3) is 0.278. The molecule has 3 rings (SSSR count). The number of carbonyl (C=O) groups is 1. The van der Waals surface area contributed by atoms with E-state index in [1.165, 1.54) is 42.3 Å². The average molecular weight is 430 g/mol. The van der Waals surface area contributed by atoms with Crippen LogP contribution in [0.5, 0.6) is 0 Å². The Labute approximate surface area is 170 Å². The molecule has 1 atom stereocenters. The van der Waals surface area contributed by atoms with E-state index in [1.54, 1.807) is 0 Å². The van der Waals surface area contributed by atoms with Crippen LogP contribution in [0.3, 0.4) is 0 Å². The summed E-state index contributed by atoms with van der Waals surface area (Å²) in [7, 11) is -3.79. The van der Waals surface area contributed by atoms with Crippen LogP contribution in [0.2, 0.25) is 5.02 Å². The summed E-state index contributed by atoms with van der Waals surface area (Å²) < 4.78 is 27.0. The lowest BCUT2D eigenvalue weighted by Crippen LogP contribution is -2.44. The van der Waals surface area contributed by atoms with Gasteiger partial charge in [0.2, 0.25) is 15.9 Å². The lowest BCUT2D eigenvalue weighted by atomic mass is 10.1. The highest BCUT2D eigenvalue weighted by Gasteiger charge is 2.22. The first-order valence-corrected chi connectivity index (χ1v) is 10.1. The smallest absolute Gasteiger partial charge is 0.241 e. The molecule has 9 heteroatoms. The molecule has 0 saturated heterocycles. The number of hydrogen-bond acceptors (Lipinski definition) is 4. The Morgan fingerprint density at radius 2 is 1.81 bits per heavy atom. The van der Waals surface area contributed by atoms with E-state index in [-0.39, 0.29) is 23.2 Å². The lowest BCUT2D eigenvalue weighted by Gasteiger charge is -2.15. The van der Waals surface area contributed by atoms with Gasteiger partial charge >= 0.3 is 0 Å². The van der Waals surface area contributed by atoms with E-state index in [0.29, 0.717) is 11.6 Å². The van der Waals surface area contributed by atoms with Crippen LogP contribution in [0, 0.1) is 0 Å². The zero-order chi connectivity index (χ0) is 18.7. The highest BCUT2D eigenvalue weighted by atomic mass is 35.5. The third kappa shape index (κ3) is 5.43. The molecule has 2 aromatic rings. The molecule has 0 aromatic heterocycles. The summed E-state index contributed by atoms with van der Waals surface area (Å²) in [5, 5.41) is 6.48. The first kappa shape index (κ1) is 21.7. The maximum atomic E-state index is 12.3. The largest absolute Gasteiger partial charge is 0.351 e. The molecule has 146 valence electrons. The molecule has 1 aliphatic rings. The van der Waals surface area contributed by atoms with Crippen molar-refractivity contribution in [3.05, 3.63) is 64.2 Å². The number of carbonyl (C=O) groups excluding carboxylic acids is 1. The Kier molecular flexibility index (Phi) is 7.25. The summed E-state index contributed by atoms with van der Waals surface area (Å²) in [6.07, 6.45) is 0. The fourth-order valence-corrected chi connectivity index (χ4v) is 4.10. The first-order chi connectivity index (χ1) is 12.3. The lowest BCUT2D eigenvalue weighted by molar-refractivity contribution is -0.122. The van der Waals surface area contributed by atoms with E-state index in [9.17, 15) is 13.2 Å². The van der Waals surface area contributed by atoms with Crippen molar-refractivity contribution in [2.75, 3.05) is 0 Å². The van der Waals surface area contributed by atoms with E-state index in [0.717, 1.165) is 18.7 Å². The van der Waals surface area contributed by atoms with Crippen LogP contribution < -0.4 is 15.4 Å². The number of hydrogen-bond donors (Lipinski definition) is 3. The van der Waals surface area contributed by atoms with Gasteiger partial charge in [0.1, 0.15) is 0 Å². The zero-order valence-electron chi connectivity index (χ0n) is 14.7. The number of halogens is 2. The quantitative estimate of drug-likeness (QED) is 0.657. The van der Waals surface area contributed by atoms with Gasteiger partial charge in [-0.3, -0.25) is 4.79 Å². The van der Waals surface area contributed by atoms with E-state index in [1.807, 2.05) is 12.1 Å². The number of benzene rings is 2. The van der Waals surface area contributed by atoms with Gasteiger partial charge in [-0.2, -0.15) is 4.72 Å². The summed E-state index contributed by atoms with van der Waals surface area (Å²) in [6.45, 7) is 3.55. The molecule has 1 unspecified atom stereocenters. The standard InChI is InChI=1S/C18H20ClN3O3S.ClH/c1-12(22-26(24,25)17-6-4-16(19)5-7-17)18(23)21-9-13-2-3-14-10-20-11-15(14)8-13;/h2-8,12,20,22H,9-11H2,1H3,(H,21,23);1H. The van der Waals surface area contributed by atoms with Gasteiger partial charge in [0.05, 0.1) is 10.9 Å². The minimum atomic E-state index is -3.79. The van der Waals surface area contributed by atoms with Gasteiger partial charge in [0.25, 0.3) is 0 Å². The number of nitrogens with one attached hydrogen (secondary N) is 3. The maximum Gasteiger partial charge on any atom is 0.241 e. The molecule has 0 spiro atoms. The number of amides is 1. The van der Waals surface area contributed by atoms with Gasteiger partial charge in [-0.25, -0.2) is 8.42 Å². The van der Waals surface area contributed by atoms with Gasteiger partial charge < -0.3 is 10.6 Å². The van der Waals surface area contributed by atoms with Crippen LogP contribution in [0.4, 0.5) is 0 Å². The molecule has 3 N–H and O–H groups in total. The van der Waals surface area contributed by atoms with Crippen molar-refractivity contribution in [3.8, 4) is 0 Å². The van der Waals surface area contributed by atoms with Crippen molar-refractivity contribution in [1.29, 1.82) is 0 Å². The molecular formula is C18H21Cl2N3O3S. The topological polar surface area (TPSA) is 87.3 Å². The van der Waals surface area contributed by atoms with Crippen LogP contribution in [0.15, 0.2) is 47.4 Å². The molecule has 0 saturated carbocycles. The second-order valence-corrected chi connectivity index (χ2v) is 8.37. The Morgan fingerprint density at radius 1 is 1.15 bits per heavy atom. The van der Waals surface area contributed by atoms with Gasteiger partial charge in [-0.15, -0.1) is 12.4 Å². The van der Waals surface area contributed by atoms with E-state index >= 15 is 0 Å². The van der Waals surface area contributed by atoms with Crippen LogP contribution in [-0.4, -0.2) is 20.4 Å². The van der Waals surface area contributed by atoms with Gasteiger partial charge in [0.15, 0.2) is 0 Å². The van der Waals surface area contributed by atoms with Gasteiger partial charge in [0, 0.05) is 24.7 Å². The SMILES string of the molecule is CC(NS(=O)(=O)c1ccc(Cl)cc1)C(=O)NCc1ccc2c(c1)CNC2.Cl. The summed E-state index contributed by atoms with van der Waals surface area (Å²) in [4.78, 5) is 12.3. The Hall–Kier alpha value is -1.64. The molecule has 1 heterocycles. The summed E-state index contributed by atoms with van der Waals surface area (Å²) in [5.74, 6) is -0.388. The minimum Gasteiger partial charge on any atom is -0.351 e. The monoisotopic (exact) mass is 429 g/mol. The van der Waals surface area contributed by atoms with Gasteiger partial charge in [-0.05, 0) is 47.9 Å². The maximum absolute atomic E-state index is 12.3. The molecule has 1 aliphatic heterocycles. The van der Waals surface area contributed by atoms with Crippen molar-refractivity contribution < 1.29 is 13.2 Å². The van der Waals surface area contributed by atoms with Crippen molar-refractivity contribution >= 4 is 39.9 Å². The predicted octanol–water partition coefficient (Wildman–Crippen LogP) is 2.35. The fourth-order valence-electron chi connectivity index (χ4n) is 2.77. The number of sulfonamides is 1. The van der Waals surface area contributed by atoms with Crippen molar-refractivity contribution in [2.45, 2.75) is 37.5 Å². The zero-order valence-corrected chi connectivity index (χ0v) is 17.0. The van der Waals surface area contributed by atoms with E-state index in [4.69, 9.17) is 11.6 Å². The Bertz CT molecular complexity index is 918. The molecule has 0 aliphatic carbocycles. The van der Waals surface area contributed by atoms with E-state index < -0.39 is 16.1 Å². The molecule has 0 radical (unpaired) electrons. The minimum absolute atomic E-state index is 0. The van der Waals surface area contributed by atoms with Crippen molar-refractivity contribution in [3.63, 3.8) is 0 Å². The van der Waals surface area contributed by atoms with Crippen LogP contribution in [-0.2, 0) is 34.5 Å². The third-order valence-corrected chi connectivity index (χ3v) is 6.03. The molecule has 0 fully saturated rings. The second kappa shape index (κ2) is 9.03. The molecule has 2 aromatic carbocycles. The summed E-state index contributed by atoms with van der Waals surface area (Å²) in [5.41, 5.74) is 3.48. The highest BCUT2D eigenvalue weighted by Crippen LogP contribution is 2.17. The van der Waals surface area contributed by atoms with E-state index in [2.05, 4.69) is 21.4 Å². The average Bonchev–Trinajstić information content (AvgIpc) is 3.07. The molecule has 0 bridgehead atoms. The van der Waals surface area contributed by atoms with Crippen LogP contribution in [0.25, 0.3) is 0 Å². The van der Waals surface area contributed by atoms with Crippen molar-refractivity contribution in [1.82, 2.24) is 15.4 Å². The molecule has 6 nitrogen and oxygen atoms in total. The predicted molar refractivity (Wildman–Crippen MR) is 107 cm³/mol. The molecule has 1 amide bonds. The molecular weight excluding hydrogens is 409 g/mol. The first-order valence-electron chi connectivity index (χ1n) is 8.22. The van der Waals surface area contributed by atoms with Crippen LogP contribution >= 0.6 is 24.0 Å². The molecule has 27 heavy (non-hydrogen) atoms.